The number of halogens is 1. The lowest BCUT2D eigenvalue weighted by Crippen LogP contribution is -2.07. The van der Waals surface area contributed by atoms with Gasteiger partial charge in [-0.05, 0) is 18.0 Å². The number of fused-ring (bicyclic) bond motifs is 1. The van der Waals surface area contributed by atoms with E-state index in [-0.39, 0.29) is 0 Å². The second kappa shape index (κ2) is 2.43. The first-order chi connectivity index (χ1) is 4.86. The Hall–Kier alpha value is -0.220. The van der Waals surface area contributed by atoms with Crippen LogP contribution in [0.4, 0.5) is 0 Å². The van der Waals surface area contributed by atoms with E-state index in [4.69, 9.17) is 11.6 Å². The van der Waals surface area contributed by atoms with E-state index >= 15 is 0 Å². The summed E-state index contributed by atoms with van der Waals surface area (Å²) >= 11 is 7.31. The van der Waals surface area contributed by atoms with Crippen molar-refractivity contribution in [2.24, 2.45) is 0 Å². The quantitative estimate of drug-likeness (QED) is 0.598. The van der Waals surface area contributed by atoms with Crippen molar-refractivity contribution in [3.8, 4) is 0 Å². The summed E-state index contributed by atoms with van der Waals surface area (Å²) in [6.45, 7) is 0.960. The molecule has 3 nitrogen and oxygen atoms in total. The predicted molar refractivity (Wildman–Crippen MR) is 40.4 cm³/mol. The molecule has 54 valence electrons. The van der Waals surface area contributed by atoms with Crippen molar-refractivity contribution in [2.45, 2.75) is 18.1 Å². The summed E-state index contributed by atoms with van der Waals surface area (Å²) in [4.78, 5) is 4.03. The smallest absolute Gasteiger partial charge is 0.239 e. The molecule has 0 radical (unpaired) electrons. The predicted octanol–water partition coefficient (Wildman–Crippen LogP) is 1.43. The first-order valence-electron chi connectivity index (χ1n) is 3.09. The molecule has 0 amide bonds. The molecule has 0 spiro atoms. The maximum absolute atomic E-state index is 5.59. The largest absolute Gasteiger partial charge is 0.243 e. The highest BCUT2D eigenvalue weighted by atomic mass is 35.5. The fourth-order valence-corrected chi connectivity index (χ4v) is 2.04. The van der Waals surface area contributed by atoms with Crippen LogP contribution in [0.1, 0.15) is 6.42 Å². The van der Waals surface area contributed by atoms with Gasteiger partial charge in [0.1, 0.15) is 0 Å². The number of aromatic nitrogens is 3. The van der Waals surface area contributed by atoms with Gasteiger partial charge in [0.05, 0.1) is 0 Å². The van der Waals surface area contributed by atoms with Crippen molar-refractivity contribution in [3.05, 3.63) is 5.28 Å². The standard InChI is InChI=1S/C5H6ClN3S/c6-4-7-5-9(8-4)2-1-3-10-5/h1-3H2. The Morgan fingerprint density at radius 3 is 3.30 bits per heavy atom. The van der Waals surface area contributed by atoms with Gasteiger partial charge >= 0.3 is 0 Å². The van der Waals surface area contributed by atoms with E-state index in [2.05, 4.69) is 10.1 Å². The van der Waals surface area contributed by atoms with Crippen molar-refractivity contribution in [1.82, 2.24) is 14.8 Å². The van der Waals surface area contributed by atoms with E-state index in [0.717, 1.165) is 23.9 Å². The molecule has 2 heterocycles. The number of hydrogen-bond acceptors (Lipinski definition) is 3. The third-order valence-electron chi connectivity index (χ3n) is 1.36. The molecule has 0 saturated heterocycles. The van der Waals surface area contributed by atoms with Crippen LogP contribution in [0.25, 0.3) is 0 Å². The van der Waals surface area contributed by atoms with Crippen molar-refractivity contribution < 1.29 is 0 Å². The van der Waals surface area contributed by atoms with Gasteiger partial charge < -0.3 is 0 Å². The molecule has 0 saturated carbocycles. The number of hydrogen-bond donors (Lipinski definition) is 0. The third kappa shape index (κ3) is 1.01. The minimum Gasteiger partial charge on any atom is -0.239 e. The van der Waals surface area contributed by atoms with Gasteiger partial charge in [0.25, 0.3) is 0 Å². The highest BCUT2D eigenvalue weighted by Gasteiger charge is 2.12. The van der Waals surface area contributed by atoms with Crippen LogP contribution in [0.5, 0.6) is 0 Å². The lowest BCUT2D eigenvalue weighted by Gasteiger charge is -2.09. The Labute approximate surface area is 67.8 Å². The summed E-state index contributed by atoms with van der Waals surface area (Å²) in [5.74, 6) is 1.13. The van der Waals surface area contributed by atoms with E-state index in [1.807, 2.05) is 4.68 Å². The van der Waals surface area contributed by atoms with Crippen LogP contribution in [-0.2, 0) is 6.54 Å². The molecular formula is C5H6ClN3S. The Morgan fingerprint density at radius 1 is 1.60 bits per heavy atom. The monoisotopic (exact) mass is 175 g/mol. The lowest BCUT2D eigenvalue weighted by atomic mass is 10.5. The van der Waals surface area contributed by atoms with Gasteiger partial charge in [0.2, 0.25) is 5.28 Å². The first kappa shape index (κ1) is 6.49. The molecule has 1 aromatic heterocycles. The summed E-state index contributed by atoms with van der Waals surface area (Å²) in [5, 5.41) is 5.32. The average Bonchev–Trinajstić information content (AvgIpc) is 2.27. The lowest BCUT2D eigenvalue weighted by molar-refractivity contribution is 0.539. The number of thioether (sulfide) groups is 1. The maximum Gasteiger partial charge on any atom is 0.243 e. The van der Waals surface area contributed by atoms with Gasteiger partial charge in [0, 0.05) is 12.3 Å². The van der Waals surface area contributed by atoms with Crippen LogP contribution in [0.3, 0.4) is 0 Å². The summed E-state index contributed by atoms with van der Waals surface area (Å²) < 4.78 is 1.86. The van der Waals surface area contributed by atoms with Gasteiger partial charge in [-0.2, -0.15) is 4.98 Å². The molecule has 1 aliphatic heterocycles. The van der Waals surface area contributed by atoms with E-state index < -0.39 is 0 Å². The first-order valence-corrected chi connectivity index (χ1v) is 4.46. The minimum absolute atomic E-state index is 0.365. The van der Waals surface area contributed by atoms with E-state index in [1.54, 1.807) is 11.8 Å². The molecule has 2 rings (SSSR count). The Kier molecular flexibility index (Phi) is 1.58. The Morgan fingerprint density at radius 2 is 2.50 bits per heavy atom. The summed E-state index contributed by atoms with van der Waals surface area (Å²) in [6.07, 6.45) is 1.16. The molecule has 0 bridgehead atoms. The highest BCUT2D eigenvalue weighted by molar-refractivity contribution is 7.99. The average molecular weight is 176 g/mol. The van der Waals surface area contributed by atoms with Crippen molar-refractivity contribution in [2.75, 3.05) is 5.75 Å². The number of aryl methyl sites for hydroxylation is 1. The third-order valence-corrected chi connectivity index (χ3v) is 2.57. The van der Waals surface area contributed by atoms with Crippen LogP contribution in [0.15, 0.2) is 5.16 Å². The zero-order valence-electron chi connectivity index (χ0n) is 5.25. The molecule has 0 aliphatic carbocycles. The molecule has 10 heavy (non-hydrogen) atoms. The van der Waals surface area contributed by atoms with Crippen molar-refractivity contribution in [1.29, 1.82) is 0 Å². The van der Waals surface area contributed by atoms with Gasteiger partial charge in [-0.3, -0.25) is 0 Å². The van der Waals surface area contributed by atoms with E-state index in [9.17, 15) is 0 Å². The number of nitrogens with zero attached hydrogens (tertiary/aromatic N) is 3. The molecule has 0 atom stereocenters. The fraction of sp³-hybridized carbons (Fsp3) is 0.600. The van der Waals surface area contributed by atoms with Crippen LogP contribution in [-0.4, -0.2) is 20.5 Å². The summed E-state index contributed by atoms with van der Waals surface area (Å²) in [6, 6.07) is 0. The molecule has 5 heteroatoms. The highest BCUT2D eigenvalue weighted by Crippen LogP contribution is 2.22. The Bertz CT molecular complexity index is 224. The molecule has 0 aromatic carbocycles. The molecule has 1 aliphatic rings. The van der Waals surface area contributed by atoms with Crippen molar-refractivity contribution in [3.63, 3.8) is 0 Å². The van der Waals surface area contributed by atoms with Crippen LogP contribution in [0, 0.1) is 0 Å². The van der Waals surface area contributed by atoms with E-state index in [1.165, 1.54) is 0 Å². The molecule has 0 N–H and O–H groups in total. The molecule has 1 aromatic rings. The zero-order valence-corrected chi connectivity index (χ0v) is 6.82. The second-order valence-electron chi connectivity index (χ2n) is 2.09. The van der Waals surface area contributed by atoms with Crippen LogP contribution in [0.2, 0.25) is 5.28 Å². The summed E-state index contributed by atoms with van der Waals surface area (Å²) in [7, 11) is 0. The second-order valence-corrected chi connectivity index (χ2v) is 3.49. The van der Waals surface area contributed by atoms with Gasteiger partial charge in [-0.1, -0.05) is 11.8 Å². The number of rotatable bonds is 0. The van der Waals surface area contributed by atoms with Gasteiger partial charge in [-0.15, -0.1) is 5.10 Å². The molecule has 0 fully saturated rings. The fourth-order valence-electron chi connectivity index (χ4n) is 0.932. The van der Waals surface area contributed by atoms with Gasteiger partial charge in [-0.25, -0.2) is 4.68 Å². The maximum atomic E-state index is 5.59. The van der Waals surface area contributed by atoms with Crippen molar-refractivity contribution >= 4 is 23.4 Å². The zero-order chi connectivity index (χ0) is 6.97. The Balaban J connectivity index is 2.41. The van der Waals surface area contributed by atoms with Gasteiger partial charge in [0.15, 0.2) is 5.16 Å². The molecule has 0 unspecified atom stereocenters. The van der Waals surface area contributed by atoms with Crippen LogP contribution >= 0.6 is 23.4 Å². The van der Waals surface area contributed by atoms with E-state index in [0.29, 0.717) is 5.28 Å². The minimum atomic E-state index is 0.365. The normalized spacial score (nSPS) is 16.9. The topological polar surface area (TPSA) is 30.7 Å². The summed E-state index contributed by atoms with van der Waals surface area (Å²) in [5.41, 5.74) is 0. The SMILES string of the molecule is Clc1nc2n(n1)CCCS2. The van der Waals surface area contributed by atoms with Crippen LogP contribution < -0.4 is 0 Å². The molecular weight excluding hydrogens is 170 g/mol.